The first-order valence-corrected chi connectivity index (χ1v) is 7.92. The summed E-state index contributed by atoms with van der Waals surface area (Å²) >= 11 is 0. The van der Waals surface area contributed by atoms with Crippen molar-refractivity contribution in [2.45, 2.75) is 63.4 Å². The molecule has 0 radical (unpaired) electrons. The molecule has 1 heterocycles. The zero-order valence-electron chi connectivity index (χ0n) is 12.0. The summed E-state index contributed by atoms with van der Waals surface area (Å²) in [6, 6.07) is 0. The lowest BCUT2D eigenvalue weighted by Gasteiger charge is -2.44. The molecule has 3 heteroatoms. The monoisotopic (exact) mass is 262 g/mol. The summed E-state index contributed by atoms with van der Waals surface area (Å²) in [6.45, 7) is 0. The molecule has 1 aromatic rings. The molecular weight excluding hydrogens is 236 g/mol. The van der Waals surface area contributed by atoms with Crippen molar-refractivity contribution in [2.75, 3.05) is 0 Å². The van der Waals surface area contributed by atoms with Crippen molar-refractivity contribution in [3.63, 3.8) is 0 Å². The molecule has 0 saturated heterocycles. The number of aliphatic hydroxyl groups is 1. The molecule has 3 rings (SSSR count). The van der Waals surface area contributed by atoms with E-state index in [0.717, 1.165) is 18.7 Å². The summed E-state index contributed by atoms with van der Waals surface area (Å²) in [5.74, 6) is 2.01. The maximum atomic E-state index is 11.3. The first-order valence-electron chi connectivity index (χ1n) is 7.92. The third-order valence-corrected chi connectivity index (χ3v) is 5.36. The highest BCUT2D eigenvalue weighted by Gasteiger charge is 2.46. The molecule has 19 heavy (non-hydrogen) atoms. The van der Waals surface area contributed by atoms with Gasteiger partial charge in [0.05, 0.1) is 0 Å². The molecule has 2 fully saturated rings. The van der Waals surface area contributed by atoms with Gasteiger partial charge in [-0.25, -0.2) is 4.98 Å². The van der Waals surface area contributed by atoms with Gasteiger partial charge in [0.15, 0.2) is 0 Å². The van der Waals surface area contributed by atoms with Gasteiger partial charge in [-0.15, -0.1) is 0 Å². The van der Waals surface area contributed by atoms with Crippen LogP contribution in [-0.4, -0.2) is 14.7 Å². The van der Waals surface area contributed by atoms with Crippen LogP contribution in [0.15, 0.2) is 12.4 Å². The van der Waals surface area contributed by atoms with E-state index in [1.165, 1.54) is 44.9 Å². The van der Waals surface area contributed by atoms with Crippen LogP contribution in [0.1, 0.15) is 63.6 Å². The number of aromatic nitrogens is 2. The number of hydrogen-bond acceptors (Lipinski definition) is 2. The van der Waals surface area contributed by atoms with Crippen LogP contribution >= 0.6 is 0 Å². The molecule has 0 aliphatic heterocycles. The molecule has 3 nitrogen and oxygen atoms in total. The fourth-order valence-electron chi connectivity index (χ4n) is 4.41. The minimum atomic E-state index is -0.682. The van der Waals surface area contributed by atoms with Gasteiger partial charge in [0, 0.05) is 19.4 Å². The summed E-state index contributed by atoms with van der Waals surface area (Å²) in [5.41, 5.74) is -0.682. The number of aryl methyl sites for hydroxylation is 1. The lowest BCUT2D eigenvalue weighted by molar-refractivity contribution is -0.0915. The maximum Gasteiger partial charge on any atom is 0.140 e. The van der Waals surface area contributed by atoms with E-state index in [-0.39, 0.29) is 0 Å². The van der Waals surface area contributed by atoms with Crippen LogP contribution in [0.25, 0.3) is 0 Å². The van der Waals surface area contributed by atoms with Gasteiger partial charge in [0.25, 0.3) is 0 Å². The third kappa shape index (κ3) is 2.33. The van der Waals surface area contributed by atoms with E-state index in [1.807, 2.05) is 24.0 Å². The normalized spacial score (nSPS) is 33.5. The summed E-state index contributed by atoms with van der Waals surface area (Å²) in [4.78, 5) is 4.47. The van der Waals surface area contributed by atoms with Gasteiger partial charge < -0.3 is 9.67 Å². The number of nitrogens with zero attached hydrogens (tertiary/aromatic N) is 2. The first-order chi connectivity index (χ1) is 9.22. The average molecular weight is 262 g/mol. The van der Waals surface area contributed by atoms with Crippen molar-refractivity contribution in [3.8, 4) is 0 Å². The number of hydrogen-bond donors (Lipinski definition) is 1. The molecule has 0 aromatic carbocycles. The highest BCUT2D eigenvalue weighted by atomic mass is 16.3. The Kier molecular flexibility index (Phi) is 3.66. The first kappa shape index (κ1) is 13.2. The Labute approximate surface area is 116 Å². The largest absolute Gasteiger partial charge is 0.382 e. The van der Waals surface area contributed by atoms with E-state index in [2.05, 4.69) is 4.98 Å². The minimum Gasteiger partial charge on any atom is -0.382 e. The second-order valence-corrected chi connectivity index (χ2v) is 6.54. The second-order valence-electron chi connectivity index (χ2n) is 6.54. The smallest absolute Gasteiger partial charge is 0.140 e. The van der Waals surface area contributed by atoms with Crippen molar-refractivity contribution >= 4 is 0 Å². The van der Waals surface area contributed by atoms with Gasteiger partial charge in [0.1, 0.15) is 11.4 Å². The summed E-state index contributed by atoms with van der Waals surface area (Å²) in [5, 5.41) is 11.3. The lowest BCUT2D eigenvalue weighted by atomic mass is 9.65. The van der Waals surface area contributed by atoms with Crippen molar-refractivity contribution in [3.05, 3.63) is 18.2 Å². The fraction of sp³-hybridized carbons (Fsp3) is 0.812. The molecule has 1 aromatic heterocycles. The van der Waals surface area contributed by atoms with Crippen molar-refractivity contribution in [1.29, 1.82) is 0 Å². The Bertz CT molecular complexity index is 422. The van der Waals surface area contributed by atoms with Crippen LogP contribution in [0.3, 0.4) is 0 Å². The van der Waals surface area contributed by atoms with Crippen LogP contribution in [0.5, 0.6) is 0 Å². The Morgan fingerprint density at radius 1 is 1.16 bits per heavy atom. The second kappa shape index (κ2) is 5.28. The molecule has 1 N–H and O–H groups in total. The zero-order chi connectivity index (χ0) is 13.3. The molecule has 2 atom stereocenters. The highest BCUT2D eigenvalue weighted by Crippen LogP contribution is 2.48. The molecular formula is C16H26N2O. The maximum absolute atomic E-state index is 11.3. The molecule has 2 aliphatic rings. The van der Waals surface area contributed by atoms with Crippen molar-refractivity contribution < 1.29 is 5.11 Å². The molecule has 0 bridgehead atoms. The Balaban J connectivity index is 1.89. The average Bonchev–Trinajstić information content (AvgIpc) is 2.87. The van der Waals surface area contributed by atoms with Crippen molar-refractivity contribution in [1.82, 2.24) is 9.55 Å². The third-order valence-electron chi connectivity index (χ3n) is 5.36. The highest BCUT2D eigenvalue weighted by molar-refractivity contribution is 5.09. The molecule has 2 unspecified atom stereocenters. The van der Waals surface area contributed by atoms with Gasteiger partial charge in [-0.1, -0.05) is 44.9 Å². The molecule has 106 valence electrons. The van der Waals surface area contributed by atoms with Crippen molar-refractivity contribution in [2.24, 2.45) is 18.9 Å². The van der Waals surface area contributed by atoms with E-state index in [1.54, 1.807) is 0 Å². The molecule has 2 aliphatic carbocycles. The molecule has 2 saturated carbocycles. The van der Waals surface area contributed by atoms with Gasteiger partial charge in [0.2, 0.25) is 0 Å². The van der Waals surface area contributed by atoms with Crippen LogP contribution in [0.2, 0.25) is 0 Å². The van der Waals surface area contributed by atoms with Crippen LogP contribution < -0.4 is 0 Å². The number of rotatable bonds is 2. The van der Waals surface area contributed by atoms with Crippen LogP contribution in [0.4, 0.5) is 0 Å². The van der Waals surface area contributed by atoms with Crippen LogP contribution in [0, 0.1) is 11.8 Å². The van der Waals surface area contributed by atoms with Gasteiger partial charge in [-0.2, -0.15) is 0 Å². The van der Waals surface area contributed by atoms with Crippen LogP contribution in [-0.2, 0) is 12.6 Å². The van der Waals surface area contributed by atoms with Gasteiger partial charge in [-0.3, -0.25) is 0 Å². The standard InChI is InChI=1S/C16H26N2O/c1-18-12-11-17-15(18)16(19)10-6-5-9-14(16)13-7-3-2-4-8-13/h11-14,19H,2-10H2,1H3. The fourth-order valence-corrected chi connectivity index (χ4v) is 4.41. The van der Waals surface area contributed by atoms with E-state index in [4.69, 9.17) is 0 Å². The van der Waals surface area contributed by atoms with Gasteiger partial charge in [-0.05, 0) is 24.7 Å². The predicted octanol–water partition coefficient (Wildman–Crippen LogP) is 3.38. The Morgan fingerprint density at radius 2 is 1.89 bits per heavy atom. The topological polar surface area (TPSA) is 38.0 Å². The van der Waals surface area contributed by atoms with E-state index >= 15 is 0 Å². The Morgan fingerprint density at radius 3 is 2.58 bits per heavy atom. The summed E-state index contributed by atoms with van der Waals surface area (Å²) < 4.78 is 2.02. The summed E-state index contributed by atoms with van der Waals surface area (Å²) in [7, 11) is 2.01. The van der Waals surface area contributed by atoms with E-state index < -0.39 is 5.60 Å². The predicted molar refractivity (Wildman–Crippen MR) is 75.6 cm³/mol. The Hall–Kier alpha value is -0.830. The molecule has 0 spiro atoms. The quantitative estimate of drug-likeness (QED) is 0.887. The van der Waals surface area contributed by atoms with Gasteiger partial charge >= 0.3 is 0 Å². The summed E-state index contributed by atoms with van der Waals surface area (Å²) in [6.07, 6.45) is 14.9. The lowest BCUT2D eigenvalue weighted by Crippen LogP contribution is -2.44. The number of imidazole rings is 1. The minimum absolute atomic E-state index is 0.419. The molecule has 0 amide bonds. The van der Waals surface area contributed by atoms with E-state index in [9.17, 15) is 5.11 Å². The SMILES string of the molecule is Cn1ccnc1C1(O)CCCCC1C1CCCCC1. The van der Waals surface area contributed by atoms with E-state index in [0.29, 0.717) is 11.8 Å². The zero-order valence-corrected chi connectivity index (χ0v) is 12.0.